The third-order valence-corrected chi connectivity index (χ3v) is 7.53. The maximum absolute atomic E-state index is 13.2. The van der Waals surface area contributed by atoms with Crippen molar-refractivity contribution in [3.63, 3.8) is 0 Å². The molecule has 2 heterocycles. The van der Waals surface area contributed by atoms with Gasteiger partial charge in [-0.2, -0.15) is 8.42 Å². The number of nitrogens with zero attached hydrogens (tertiary/aromatic N) is 2. The first-order valence-electron chi connectivity index (χ1n) is 13.0. The number of carbonyl (C=O) groups is 3. The van der Waals surface area contributed by atoms with Crippen LogP contribution >= 0.6 is 0 Å². The predicted molar refractivity (Wildman–Crippen MR) is 152 cm³/mol. The van der Waals surface area contributed by atoms with E-state index < -0.39 is 76.7 Å². The fourth-order valence-electron chi connectivity index (χ4n) is 4.67. The van der Waals surface area contributed by atoms with Crippen molar-refractivity contribution in [1.82, 2.24) is 0 Å². The molecule has 4 atom stereocenters. The molecule has 0 bridgehead atoms. The molecule has 0 spiro atoms. The van der Waals surface area contributed by atoms with E-state index in [2.05, 4.69) is 8.80 Å². The highest BCUT2D eigenvalue weighted by Gasteiger charge is 2.55. The van der Waals surface area contributed by atoms with E-state index in [1.165, 1.54) is 24.3 Å². The monoisotopic (exact) mass is 606 g/mol. The molecule has 5 rings (SSSR count). The van der Waals surface area contributed by atoms with Crippen molar-refractivity contribution in [2.75, 3.05) is 6.61 Å². The molecule has 2 aliphatic heterocycles. The Bertz CT molecular complexity index is 1640. The van der Waals surface area contributed by atoms with E-state index in [-0.39, 0.29) is 16.7 Å². The molecular formula is C29H26N4O9S. The highest BCUT2D eigenvalue weighted by atomic mass is 32.2. The van der Waals surface area contributed by atoms with Gasteiger partial charge in [-0.05, 0) is 36.4 Å². The summed E-state index contributed by atoms with van der Waals surface area (Å²) < 4.78 is 54.2. The van der Waals surface area contributed by atoms with Crippen molar-refractivity contribution >= 4 is 39.8 Å². The Labute approximate surface area is 246 Å². The number of ether oxygens (including phenoxy) is 4. The highest BCUT2D eigenvalue weighted by molar-refractivity contribution is 7.89. The lowest BCUT2D eigenvalue weighted by Crippen LogP contribution is -2.51. The van der Waals surface area contributed by atoms with Gasteiger partial charge in [0.15, 0.2) is 12.2 Å². The first-order chi connectivity index (χ1) is 20.6. The average molecular weight is 607 g/mol. The number of benzene rings is 3. The zero-order valence-electron chi connectivity index (χ0n) is 22.4. The third-order valence-electron chi connectivity index (χ3n) is 6.65. The summed E-state index contributed by atoms with van der Waals surface area (Å²) in [6.07, 6.45) is -5.34. The Morgan fingerprint density at radius 1 is 0.674 bits per heavy atom. The second-order valence-corrected chi connectivity index (χ2v) is 10.8. The second kappa shape index (κ2) is 12.4. The van der Waals surface area contributed by atoms with E-state index in [1.807, 2.05) is 0 Å². The number of rotatable bonds is 8. The molecular weight excluding hydrogens is 580 g/mol. The molecule has 43 heavy (non-hydrogen) atoms. The Morgan fingerprint density at radius 2 is 1.09 bits per heavy atom. The van der Waals surface area contributed by atoms with Crippen molar-refractivity contribution in [3.8, 4) is 0 Å². The van der Waals surface area contributed by atoms with Gasteiger partial charge in [0.05, 0.1) is 16.7 Å². The lowest BCUT2D eigenvalue weighted by atomic mass is 9.93. The minimum absolute atomic E-state index is 0.169. The molecule has 2 aliphatic rings. The van der Waals surface area contributed by atoms with Gasteiger partial charge in [0.1, 0.15) is 36.4 Å². The molecule has 14 heteroatoms. The lowest BCUT2D eigenvalue weighted by molar-refractivity contribution is -0.0454. The number of hydrogen-bond donors (Lipinski definition) is 2. The summed E-state index contributed by atoms with van der Waals surface area (Å²) >= 11 is 0. The first-order valence-corrected chi connectivity index (χ1v) is 14.4. The van der Waals surface area contributed by atoms with Crippen molar-refractivity contribution in [2.24, 2.45) is 26.2 Å². The molecule has 0 aromatic heterocycles. The Morgan fingerprint density at radius 3 is 1.56 bits per heavy atom. The summed E-state index contributed by atoms with van der Waals surface area (Å²) in [6.45, 7) is -0.449. The van der Waals surface area contributed by atoms with Crippen molar-refractivity contribution in [3.05, 3.63) is 108 Å². The Balaban J connectivity index is 1.51. The molecule has 0 saturated carbocycles. The second-order valence-electron chi connectivity index (χ2n) is 9.53. The minimum Gasteiger partial charge on any atom is -0.459 e. The zero-order valence-corrected chi connectivity index (χ0v) is 23.2. The van der Waals surface area contributed by atoms with Crippen LogP contribution in [0.3, 0.4) is 0 Å². The summed E-state index contributed by atoms with van der Waals surface area (Å²) in [6, 6.07) is 24.1. The van der Waals surface area contributed by atoms with Gasteiger partial charge in [-0.3, -0.25) is 0 Å². The summed E-state index contributed by atoms with van der Waals surface area (Å²) in [5.41, 5.74) is 12.6. The van der Waals surface area contributed by atoms with Gasteiger partial charge < -0.3 is 30.4 Å². The molecule has 0 aliphatic carbocycles. The maximum atomic E-state index is 13.2. The van der Waals surface area contributed by atoms with Crippen LogP contribution in [0.25, 0.3) is 0 Å². The van der Waals surface area contributed by atoms with Gasteiger partial charge in [-0.25, -0.2) is 14.4 Å². The number of esters is 3. The van der Waals surface area contributed by atoms with Crippen LogP contribution in [0.15, 0.2) is 99.8 Å². The molecule has 1 fully saturated rings. The zero-order chi connectivity index (χ0) is 30.6. The third kappa shape index (κ3) is 6.71. The van der Waals surface area contributed by atoms with Crippen LogP contribution in [-0.4, -0.2) is 69.0 Å². The van der Waals surface area contributed by atoms with Gasteiger partial charge >= 0.3 is 28.1 Å². The maximum Gasteiger partial charge on any atom is 0.366 e. The first kappa shape index (κ1) is 29.4. The van der Waals surface area contributed by atoms with Gasteiger partial charge in [0, 0.05) is 0 Å². The summed E-state index contributed by atoms with van der Waals surface area (Å²) in [5.74, 6) is -4.54. The number of hydrogen-bond acceptors (Lipinski definition) is 11. The van der Waals surface area contributed by atoms with Crippen LogP contribution < -0.4 is 11.5 Å². The number of carbonyl (C=O) groups excluding carboxylic acids is 3. The number of nitrogens with two attached hydrogens (primary N) is 2. The molecule has 13 nitrogen and oxygen atoms in total. The SMILES string of the molecule is NC1=NS(=O)(=O)N=C(N)C1[C@@H]1O[C@H](COC(=O)c2ccccc2)[C@@H](OC(=O)c2ccccc2)[C@H]1OC(=O)c1ccccc1. The van der Waals surface area contributed by atoms with Crippen LogP contribution in [0.5, 0.6) is 0 Å². The Hall–Kier alpha value is -5.08. The fourth-order valence-corrected chi connectivity index (χ4v) is 5.47. The van der Waals surface area contributed by atoms with Gasteiger partial charge in [0.2, 0.25) is 0 Å². The summed E-state index contributed by atoms with van der Waals surface area (Å²) in [5, 5.41) is 0. The Kier molecular flexibility index (Phi) is 8.50. The summed E-state index contributed by atoms with van der Waals surface area (Å²) in [7, 11) is -4.35. The van der Waals surface area contributed by atoms with Gasteiger partial charge in [0.25, 0.3) is 0 Å². The number of amidine groups is 2. The van der Waals surface area contributed by atoms with Crippen molar-refractivity contribution in [2.45, 2.75) is 24.4 Å². The van der Waals surface area contributed by atoms with Crippen LogP contribution in [0, 0.1) is 5.92 Å². The van der Waals surface area contributed by atoms with Crippen LogP contribution in [0.2, 0.25) is 0 Å². The highest BCUT2D eigenvalue weighted by Crippen LogP contribution is 2.34. The van der Waals surface area contributed by atoms with Crippen LogP contribution in [0.1, 0.15) is 31.1 Å². The molecule has 222 valence electrons. The van der Waals surface area contributed by atoms with Crippen molar-refractivity contribution < 1.29 is 41.7 Å². The smallest absolute Gasteiger partial charge is 0.366 e. The van der Waals surface area contributed by atoms with E-state index in [9.17, 15) is 22.8 Å². The minimum atomic E-state index is -4.35. The summed E-state index contributed by atoms with van der Waals surface area (Å²) in [4.78, 5) is 39.2. The molecule has 3 aromatic carbocycles. The molecule has 0 amide bonds. The van der Waals surface area contributed by atoms with Gasteiger partial charge in [-0.1, -0.05) is 54.6 Å². The van der Waals surface area contributed by atoms with Gasteiger partial charge in [-0.15, -0.1) is 8.80 Å². The van der Waals surface area contributed by atoms with Crippen LogP contribution in [-0.2, 0) is 29.2 Å². The fraction of sp³-hybridized carbons (Fsp3) is 0.207. The van der Waals surface area contributed by atoms with E-state index >= 15 is 0 Å². The average Bonchev–Trinajstić information content (AvgIpc) is 3.31. The molecule has 3 aromatic rings. The van der Waals surface area contributed by atoms with E-state index in [0.717, 1.165) is 0 Å². The molecule has 0 unspecified atom stereocenters. The van der Waals surface area contributed by atoms with E-state index in [4.69, 9.17) is 30.4 Å². The largest absolute Gasteiger partial charge is 0.459 e. The van der Waals surface area contributed by atoms with E-state index in [0.29, 0.717) is 0 Å². The van der Waals surface area contributed by atoms with Crippen molar-refractivity contribution in [1.29, 1.82) is 0 Å². The normalized spacial score (nSPS) is 23.0. The molecule has 0 radical (unpaired) electrons. The van der Waals surface area contributed by atoms with Crippen LogP contribution in [0.4, 0.5) is 0 Å². The van der Waals surface area contributed by atoms with E-state index in [1.54, 1.807) is 66.7 Å². The lowest BCUT2D eigenvalue weighted by Gasteiger charge is -2.29. The predicted octanol–water partition coefficient (Wildman–Crippen LogP) is 1.65. The quantitative estimate of drug-likeness (QED) is 0.279. The topological polar surface area (TPSA) is 199 Å². The molecule has 1 saturated heterocycles. The molecule has 4 N–H and O–H groups in total. The standard InChI is InChI=1S/C29H26N4O9S/c30-25-21(26(31)33-43(37,38)32-25)23-24(42-29(36)19-14-8-3-9-15-19)22(41-28(35)18-12-6-2-7-13-18)20(40-23)16-39-27(34)17-10-4-1-5-11-17/h1-15,20-24H,16H2,(H2,30,32)(H2,31,33)/t20-,22-,23+,24-/m1/s1.